The summed E-state index contributed by atoms with van der Waals surface area (Å²) in [6.45, 7) is 0. The number of imidazole rings is 1. The molecule has 4 aromatic rings. The number of nitrogens with zero attached hydrogens (tertiary/aromatic N) is 1. The number of aromatic amines is 1. The highest BCUT2D eigenvalue weighted by Crippen LogP contribution is 2.33. The standard InChI is InChI=1S/C15H9FN2S/c16-10-5-6-13-9(7-8-19-13)14(10)15-17-11-3-1-2-4-12(11)18-15/h1-8H,(H,17,18). The Kier molecular flexibility index (Phi) is 2.19. The monoisotopic (exact) mass is 268 g/mol. The largest absolute Gasteiger partial charge is 0.338 e. The van der Waals surface area contributed by atoms with Gasteiger partial charge in [-0.1, -0.05) is 12.1 Å². The number of fused-ring (bicyclic) bond motifs is 2. The molecule has 2 aromatic heterocycles. The number of benzene rings is 2. The number of para-hydroxylation sites is 2. The van der Waals surface area contributed by atoms with E-state index in [2.05, 4.69) is 9.97 Å². The minimum absolute atomic E-state index is 0.245. The number of hydrogen-bond donors (Lipinski definition) is 1. The smallest absolute Gasteiger partial charge is 0.142 e. The van der Waals surface area contributed by atoms with Crippen molar-refractivity contribution < 1.29 is 4.39 Å². The van der Waals surface area contributed by atoms with E-state index in [1.807, 2.05) is 41.8 Å². The van der Waals surface area contributed by atoms with Crippen molar-refractivity contribution >= 4 is 32.5 Å². The van der Waals surface area contributed by atoms with Crippen molar-refractivity contribution in [1.82, 2.24) is 9.97 Å². The first kappa shape index (κ1) is 10.7. The fourth-order valence-corrected chi connectivity index (χ4v) is 3.12. The van der Waals surface area contributed by atoms with Gasteiger partial charge in [0.05, 0.1) is 16.6 Å². The van der Waals surface area contributed by atoms with Crippen LogP contribution in [-0.4, -0.2) is 9.97 Å². The van der Waals surface area contributed by atoms with Gasteiger partial charge in [-0.15, -0.1) is 11.3 Å². The molecular weight excluding hydrogens is 259 g/mol. The molecule has 0 atom stereocenters. The average Bonchev–Trinajstić information content (AvgIpc) is 3.03. The van der Waals surface area contributed by atoms with E-state index in [4.69, 9.17) is 0 Å². The average molecular weight is 268 g/mol. The molecule has 2 heterocycles. The van der Waals surface area contributed by atoms with Crippen LogP contribution in [0.4, 0.5) is 4.39 Å². The Hall–Kier alpha value is -2.20. The van der Waals surface area contributed by atoms with E-state index in [9.17, 15) is 4.39 Å². The summed E-state index contributed by atoms with van der Waals surface area (Å²) in [5, 5.41) is 2.88. The molecule has 0 aliphatic rings. The molecule has 1 N–H and O–H groups in total. The lowest BCUT2D eigenvalue weighted by atomic mass is 10.1. The van der Waals surface area contributed by atoms with Crippen LogP contribution in [-0.2, 0) is 0 Å². The van der Waals surface area contributed by atoms with Crippen LogP contribution in [0, 0.1) is 5.82 Å². The Morgan fingerprint density at radius 1 is 1.05 bits per heavy atom. The molecule has 0 saturated carbocycles. The number of nitrogens with one attached hydrogen (secondary N) is 1. The van der Waals surface area contributed by atoms with Crippen molar-refractivity contribution in [3.05, 3.63) is 53.7 Å². The van der Waals surface area contributed by atoms with Crippen molar-refractivity contribution in [2.45, 2.75) is 0 Å². The second kappa shape index (κ2) is 3.90. The summed E-state index contributed by atoms with van der Waals surface area (Å²) in [6.07, 6.45) is 0. The van der Waals surface area contributed by atoms with Crippen LogP contribution in [0.1, 0.15) is 0 Å². The summed E-state index contributed by atoms with van der Waals surface area (Å²) in [6, 6.07) is 13.0. The third-order valence-electron chi connectivity index (χ3n) is 3.21. The van der Waals surface area contributed by atoms with Gasteiger partial charge >= 0.3 is 0 Å². The fraction of sp³-hybridized carbons (Fsp3) is 0. The van der Waals surface area contributed by atoms with E-state index in [0.29, 0.717) is 11.4 Å². The Bertz CT molecular complexity index is 858. The molecule has 0 saturated heterocycles. The zero-order valence-corrected chi connectivity index (χ0v) is 10.7. The molecule has 0 bridgehead atoms. The zero-order chi connectivity index (χ0) is 12.8. The summed E-state index contributed by atoms with van der Waals surface area (Å²) in [4.78, 5) is 7.67. The zero-order valence-electron chi connectivity index (χ0n) is 9.85. The second-order valence-electron chi connectivity index (χ2n) is 4.36. The highest BCUT2D eigenvalue weighted by molar-refractivity contribution is 7.17. The van der Waals surface area contributed by atoms with Crippen molar-refractivity contribution in [2.75, 3.05) is 0 Å². The van der Waals surface area contributed by atoms with Gasteiger partial charge in [0.2, 0.25) is 0 Å². The molecule has 0 fully saturated rings. The third-order valence-corrected chi connectivity index (χ3v) is 4.09. The minimum atomic E-state index is -0.245. The maximum absolute atomic E-state index is 14.2. The lowest BCUT2D eigenvalue weighted by molar-refractivity contribution is 0.632. The Morgan fingerprint density at radius 2 is 1.95 bits per heavy atom. The van der Waals surface area contributed by atoms with Gasteiger partial charge in [0.15, 0.2) is 0 Å². The van der Waals surface area contributed by atoms with E-state index < -0.39 is 0 Å². The van der Waals surface area contributed by atoms with Crippen LogP contribution in [0.5, 0.6) is 0 Å². The molecule has 0 radical (unpaired) electrons. The van der Waals surface area contributed by atoms with Crippen molar-refractivity contribution in [1.29, 1.82) is 0 Å². The number of halogens is 1. The fourth-order valence-electron chi connectivity index (χ4n) is 2.33. The Balaban J connectivity index is 2.08. The van der Waals surface area contributed by atoms with Crippen LogP contribution < -0.4 is 0 Å². The van der Waals surface area contributed by atoms with E-state index in [-0.39, 0.29) is 5.82 Å². The number of hydrogen-bond acceptors (Lipinski definition) is 2. The quantitative estimate of drug-likeness (QED) is 0.537. The summed E-state index contributed by atoms with van der Waals surface area (Å²) in [7, 11) is 0. The van der Waals surface area contributed by atoms with Crippen LogP contribution in [0.15, 0.2) is 47.8 Å². The van der Waals surface area contributed by atoms with Crippen LogP contribution in [0.25, 0.3) is 32.5 Å². The molecule has 0 spiro atoms. The normalized spacial score (nSPS) is 11.4. The maximum Gasteiger partial charge on any atom is 0.142 e. The van der Waals surface area contributed by atoms with Gasteiger partial charge in [-0.2, -0.15) is 0 Å². The van der Waals surface area contributed by atoms with Crippen LogP contribution >= 0.6 is 11.3 Å². The van der Waals surface area contributed by atoms with E-state index >= 15 is 0 Å². The first-order valence-electron chi connectivity index (χ1n) is 5.94. The van der Waals surface area contributed by atoms with Gasteiger partial charge < -0.3 is 4.98 Å². The summed E-state index contributed by atoms with van der Waals surface area (Å²) in [5.74, 6) is 0.340. The van der Waals surface area contributed by atoms with Crippen LogP contribution in [0.2, 0.25) is 0 Å². The Labute approximate surface area is 112 Å². The summed E-state index contributed by atoms with van der Waals surface area (Å²) in [5.41, 5.74) is 2.32. The van der Waals surface area contributed by atoms with Gasteiger partial charge in [-0.25, -0.2) is 9.37 Å². The highest BCUT2D eigenvalue weighted by Gasteiger charge is 2.14. The SMILES string of the molecule is Fc1ccc2sccc2c1-c1nc2ccccc2[nH]1. The topological polar surface area (TPSA) is 28.7 Å². The number of H-pyrrole nitrogens is 1. The molecule has 0 aliphatic heterocycles. The molecular formula is C15H9FN2S. The minimum Gasteiger partial charge on any atom is -0.338 e. The summed E-state index contributed by atoms with van der Waals surface area (Å²) >= 11 is 1.60. The van der Waals surface area contributed by atoms with E-state index in [0.717, 1.165) is 21.1 Å². The number of aromatic nitrogens is 2. The van der Waals surface area contributed by atoms with Crippen LogP contribution in [0.3, 0.4) is 0 Å². The van der Waals surface area contributed by atoms with Gasteiger partial charge in [0, 0.05) is 10.1 Å². The van der Waals surface area contributed by atoms with Gasteiger partial charge in [0.1, 0.15) is 11.6 Å². The highest BCUT2D eigenvalue weighted by atomic mass is 32.1. The predicted octanol–water partition coefficient (Wildman–Crippen LogP) is 4.58. The number of thiophene rings is 1. The third kappa shape index (κ3) is 1.57. The van der Waals surface area contributed by atoms with E-state index in [1.165, 1.54) is 6.07 Å². The van der Waals surface area contributed by atoms with Crippen molar-refractivity contribution in [2.24, 2.45) is 0 Å². The molecule has 2 aromatic carbocycles. The number of rotatable bonds is 1. The molecule has 4 heteroatoms. The second-order valence-corrected chi connectivity index (χ2v) is 5.31. The molecule has 2 nitrogen and oxygen atoms in total. The van der Waals surface area contributed by atoms with Crippen molar-refractivity contribution in [3.8, 4) is 11.4 Å². The van der Waals surface area contributed by atoms with Gasteiger partial charge in [-0.3, -0.25) is 0 Å². The molecule has 0 unspecified atom stereocenters. The maximum atomic E-state index is 14.2. The molecule has 0 aliphatic carbocycles. The molecule has 92 valence electrons. The van der Waals surface area contributed by atoms with Crippen molar-refractivity contribution in [3.63, 3.8) is 0 Å². The molecule has 0 amide bonds. The van der Waals surface area contributed by atoms with Gasteiger partial charge in [0.25, 0.3) is 0 Å². The summed E-state index contributed by atoms with van der Waals surface area (Å²) < 4.78 is 15.2. The van der Waals surface area contributed by atoms with Gasteiger partial charge in [-0.05, 0) is 35.7 Å². The molecule has 19 heavy (non-hydrogen) atoms. The predicted molar refractivity (Wildman–Crippen MR) is 76.9 cm³/mol. The molecule has 4 rings (SSSR count). The first-order valence-corrected chi connectivity index (χ1v) is 6.82. The first-order chi connectivity index (χ1) is 9.33. The Morgan fingerprint density at radius 3 is 2.84 bits per heavy atom. The lowest BCUT2D eigenvalue weighted by Gasteiger charge is -2.01. The van der Waals surface area contributed by atoms with E-state index in [1.54, 1.807) is 11.3 Å². The lowest BCUT2D eigenvalue weighted by Crippen LogP contribution is -1.86.